The number of nitrogens with one attached hydrogen (secondary N) is 1. The topological polar surface area (TPSA) is 35.5 Å². The van der Waals surface area contributed by atoms with Crippen LogP contribution in [0.2, 0.25) is 0 Å². The van der Waals surface area contributed by atoms with Crippen molar-refractivity contribution in [2.45, 2.75) is 32.9 Å². The van der Waals surface area contributed by atoms with E-state index in [-0.39, 0.29) is 12.6 Å². The monoisotopic (exact) mass is 248 g/mol. The van der Waals surface area contributed by atoms with Crippen molar-refractivity contribution in [1.29, 1.82) is 0 Å². The summed E-state index contributed by atoms with van der Waals surface area (Å²) < 4.78 is 0. The SMILES string of the molecule is CCNCc1ccccc1N1CCC(C)C1CO. The second kappa shape index (κ2) is 6.21. The Balaban J connectivity index is 2.21. The molecule has 0 spiro atoms. The van der Waals surface area contributed by atoms with Crippen LogP contribution in [0.5, 0.6) is 0 Å². The Labute approximate surface area is 110 Å². The molecule has 0 amide bonds. The highest BCUT2D eigenvalue weighted by Crippen LogP contribution is 2.31. The molecule has 1 heterocycles. The molecular weight excluding hydrogens is 224 g/mol. The number of rotatable bonds is 5. The highest BCUT2D eigenvalue weighted by molar-refractivity contribution is 5.55. The Bertz CT molecular complexity index is 381. The lowest BCUT2D eigenvalue weighted by Gasteiger charge is -2.29. The molecule has 2 rings (SSSR count). The van der Waals surface area contributed by atoms with Gasteiger partial charge in [0.05, 0.1) is 12.6 Å². The van der Waals surface area contributed by atoms with Crippen LogP contribution in [-0.2, 0) is 6.54 Å². The molecule has 0 bridgehead atoms. The van der Waals surface area contributed by atoms with E-state index in [0.717, 1.165) is 19.6 Å². The third-order valence-electron chi connectivity index (χ3n) is 3.94. The standard InChI is InChI=1S/C15H24N2O/c1-3-16-10-13-6-4-5-7-14(13)17-9-8-12(2)15(17)11-18/h4-7,12,15-16,18H,3,8-11H2,1-2H3. The molecule has 0 aliphatic carbocycles. The normalized spacial score (nSPS) is 23.6. The lowest BCUT2D eigenvalue weighted by atomic mass is 10.0. The quantitative estimate of drug-likeness (QED) is 0.836. The largest absolute Gasteiger partial charge is 0.394 e. The number of hydrogen-bond donors (Lipinski definition) is 2. The van der Waals surface area contributed by atoms with Crippen molar-refractivity contribution in [3.05, 3.63) is 29.8 Å². The van der Waals surface area contributed by atoms with Gasteiger partial charge in [0.1, 0.15) is 0 Å². The first-order valence-corrected chi connectivity index (χ1v) is 6.94. The summed E-state index contributed by atoms with van der Waals surface area (Å²) in [4.78, 5) is 2.37. The minimum absolute atomic E-state index is 0.247. The van der Waals surface area contributed by atoms with Crippen molar-refractivity contribution in [2.24, 2.45) is 5.92 Å². The van der Waals surface area contributed by atoms with Crippen LogP contribution in [0.4, 0.5) is 5.69 Å². The van der Waals surface area contributed by atoms with Gasteiger partial charge in [-0.25, -0.2) is 0 Å². The van der Waals surface area contributed by atoms with Gasteiger partial charge in [-0.2, -0.15) is 0 Å². The lowest BCUT2D eigenvalue weighted by Crippen LogP contribution is -2.36. The van der Waals surface area contributed by atoms with Crippen LogP contribution < -0.4 is 10.2 Å². The number of hydrogen-bond acceptors (Lipinski definition) is 3. The van der Waals surface area contributed by atoms with E-state index >= 15 is 0 Å². The summed E-state index contributed by atoms with van der Waals surface area (Å²) in [5.41, 5.74) is 2.61. The van der Waals surface area contributed by atoms with E-state index in [0.29, 0.717) is 5.92 Å². The van der Waals surface area contributed by atoms with E-state index in [1.54, 1.807) is 0 Å². The maximum absolute atomic E-state index is 9.58. The van der Waals surface area contributed by atoms with Crippen molar-refractivity contribution >= 4 is 5.69 Å². The molecule has 1 aliphatic heterocycles. The second-order valence-corrected chi connectivity index (χ2v) is 5.12. The maximum Gasteiger partial charge on any atom is 0.0637 e. The zero-order chi connectivity index (χ0) is 13.0. The number of aliphatic hydroxyl groups is 1. The fourth-order valence-corrected chi connectivity index (χ4v) is 2.79. The number of benzene rings is 1. The first kappa shape index (κ1) is 13.4. The number of para-hydroxylation sites is 1. The molecule has 2 N–H and O–H groups in total. The van der Waals surface area contributed by atoms with E-state index in [1.807, 2.05) is 0 Å². The summed E-state index contributed by atoms with van der Waals surface area (Å²) in [6, 6.07) is 8.79. The van der Waals surface area contributed by atoms with Gasteiger partial charge >= 0.3 is 0 Å². The van der Waals surface area contributed by atoms with Crippen LogP contribution in [0.15, 0.2) is 24.3 Å². The van der Waals surface area contributed by atoms with Crippen molar-refractivity contribution in [2.75, 3.05) is 24.6 Å². The van der Waals surface area contributed by atoms with Crippen LogP contribution >= 0.6 is 0 Å². The zero-order valence-electron chi connectivity index (χ0n) is 11.4. The van der Waals surface area contributed by atoms with Crippen molar-refractivity contribution < 1.29 is 5.11 Å². The maximum atomic E-state index is 9.58. The molecule has 1 aliphatic rings. The van der Waals surface area contributed by atoms with Gasteiger partial charge < -0.3 is 15.3 Å². The number of aliphatic hydroxyl groups excluding tert-OH is 1. The van der Waals surface area contributed by atoms with Gasteiger partial charge in [-0.3, -0.25) is 0 Å². The van der Waals surface area contributed by atoms with Crippen LogP contribution in [0.3, 0.4) is 0 Å². The Hall–Kier alpha value is -1.06. The first-order chi connectivity index (χ1) is 8.77. The summed E-state index contributed by atoms with van der Waals surface area (Å²) in [6.45, 7) is 7.53. The molecule has 0 radical (unpaired) electrons. The van der Waals surface area contributed by atoms with Gasteiger partial charge in [0.2, 0.25) is 0 Å². The van der Waals surface area contributed by atoms with Gasteiger partial charge in [-0.15, -0.1) is 0 Å². The van der Waals surface area contributed by atoms with E-state index in [4.69, 9.17) is 0 Å². The molecule has 0 aromatic heterocycles. The summed E-state index contributed by atoms with van der Waals surface area (Å²) in [6.07, 6.45) is 1.17. The average molecular weight is 248 g/mol. The summed E-state index contributed by atoms with van der Waals surface area (Å²) in [5, 5.41) is 13.0. The van der Waals surface area contributed by atoms with Crippen molar-refractivity contribution in [3.8, 4) is 0 Å². The van der Waals surface area contributed by atoms with Gasteiger partial charge in [0, 0.05) is 18.8 Å². The Morgan fingerprint density at radius 3 is 2.89 bits per heavy atom. The first-order valence-electron chi connectivity index (χ1n) is 6.94. The van der Waals surface area contributed by atoms with E-state index in [2.05, 4.69) is 48.3 Å². The minimum Gasteiger partial charge on any atom is -0.394 e. The highest BCUT2D eigenvalue weighted by Gasteiger charge is 2.31. The van der Waals surface area contributed by atoms with Gasteiger partial charge in [-0.1, -0.05) is 32.0 Å². The van der Waals surface area contributed by atoms with E-state index in [1.165, 1.54) is 17.7 Å². The second-order valence-electron chi connectivity index (χ2n) is 5.12. The van der Waals surface area contributed by atoms with Crippen LogP contribution in [0.25, 0.3) is 0 Å². The molecule has 2 unspecified atom stereocenters. The third kappa shape index (κ3) is 2.68. The third-order valence-corrected chi connectivity index (χ3v) is 3.94. The number of nitrogens with zero attached hydrogens (tertiary/aromatic N) is 1. The van der Waals surface area contributed by atoms with Gasteiger partial charge in [0.15, 0.2) is 0 Å². The Kier molecular flexibility index (Phi) is 4.61. The molecule has 1 fully saturated rings. The van der Waals surface area contributed by atoms with E-state index in [9.17, 15) is 5.11 Å². The Morgan fingerprint density at radius 1 is 1.39 bits per heavy atom. The predicted molar refractivity (Wildman–Crippen MR) is 75.8 cm³/mol. The molecule has 1 aromatic carbocycles. The zero-order valence-corrected chi connectivity index (χ0v) is 11.4. The average Bonchev–Trinajstić information content (AvgIpc) is 2.77. The van der Waals surface area contributed by atoms with Crippen LogP contribution in [-0.4, -0.2) is 30.8 Å². The van der Waals surface area contributed by atoms with E-state index < -0.39 is 0 Å². The molecule has 3 nitrogen and oxygen atoms in total. The highest BCUT2D eigenvalue weighted by atomic mass is 16.3. The smallest absolute Gasteiger partial charge is 0.0637 e. The summed E-state index contributed by atoms with van der Waals surface area (Å²) in [7, 11) is 0. The number of anilines is 1. The summed E-state index contributed by atoms with van der Waals surface area (Å²) in [5.74, 6) is 0.571. The van der Waals surface area contributed by atoms with Crippen LogP contribution in [0, 0.1) is 5.92 Å². The predicted octanol–water partition coefficient (Wildman–Crippen LogP) is 2.00. The van der Waals surface area contributed by atoms with Gasteiger partial charge in [0.25, 0.3) is 0 Å². The fourth-order valence-electron chi connectivity index (χ4n) is 2.79. The fraction of sp³-hybridized carbons (Fsp3) is 0.600. The minimum atomic E-state index is 0.247. The van der Waals surface area contributed by atoms with Gasteiger partial charge in [-0.05, 0) is 30.5 Å². The molecule has 1 aromatic rings. The molecular formula is C15H24N2O. The Morgan fingerprint density at radius 2 is 2.17 bits per heavy atom. The molecule has 18 heavy (non-hydrogen) atoms. The molecule has 100 valence electrons. The molecule has 2 atom stereocenters. The lowest BCUT2D eigenvalue weighted by molar-refractivity contribution is 0.244. The molecule has 3 heteroatoms. The van der Waals surface area contributed by atoms with Crippen molar-refractivity contribution in [1.82, 2.24) is 5.32 Å². The molecule has 0 saturated carbocycles. The van der Waals surface area contributed by atoms with Crippen molar-refractivity contribution in [3.63, 3.8) is 0 Å². The summed E-state index contributed by atoms with van der Waals surface area (Å²) >= 11 is 0. The molecule has 1 saturated heterocycles. The van der Waals surface area contributed by atoms with Crippen LogP contribution in [0.1, 0.15) is 25.8 Å².